The number of benzene rings is 2. The molecule has 2 aromatic rings. The summed E-state index contributed by atoms with van der Waals surface area (Å²) in [6.45, 7) is 5.18. The Balaban J connectivity index is 2.00. The molecule has 182 valence electrons. The highest BCUT2D eigenvalue weighted by molar-refractivity contribution is 5.90. The Morgan fingerprint density at radius 1 is 1.03 bits per heavy atom. The second-order valence-electron chi connectivity index (χ2n) is 8.92. The monoisotopic (exact) mass is 470 g/mol. The maximum absolute atomic E-state index is 13.2. The van der Waals surface area contributed by atoms with Crippen LogP contribution in [0.15, 0.2) is 42.5 Å². The molecular formula is C25H30N2O7. The summed E-state index contributed by atoms with van der Waals surface area (Å²) in [5.74, 6) is 0.426. The van der Waals surface area contributed by atoms with Gasteiger partial charge in [-0.2, -0.15) is 0 Å². The van der Waals surface area contributed by atoms with Gasteiger partial charge in [0.1, 0.15) is 23.4 Å². The van der Waals surface area contributed by atoms with Crippen LogP contribution in [-0.4, -0.2) is 49.9 Å². The van der Waals surface area contributed by atoms with Crippen molar-refractivity contribution in [3.05, 3.63) is 53.6 Å². The van der Waals surface area contributed by atoms with Gasteiger partial charge < -0.3 is 29.6 Å². The fourth-order valence-corrected chi connectivity index (χ4v) is 3.49. The number of carbonyl (C=O) groups excluding carboxylic acids is 3. The zero-order valence-electron chi connectivity index (χ0n) is 20.0. The molecule has 2 aliphatic heterocycles. The number of carbonyl (C=O) groups is 3. The second kappa shape index (κ2) is 10.5. The van der Waals surface area contributed by atoms with Gasteiger partial charge in [-0.1, -0.05) is 18.2 Å². The number of ether oxygens (including phenoxy) is 4. The molecule has 9 heteroatoms. The van der Waals surface area contributed by atoms with E-state index in [0.717, 1.165) is 5.56 Å². The van der Waals surface area contributed by atoms with Gasteiger partial charge >= 0.3 is 12.1 Å². The summed E-state index contributed by atoms with van der Waals surface area (Å²) in [4.78, 5) is 38.1. The molecule has 34 heavy (non-hydrogen) atoms. The van der Waals surface area contributed by atoms with Crippen LogP contribution in [0.2, 0.25) is 0 Å². The molecule has 9 nitrogen and oxygen atoms in total. The standard InChI is InChI=1S/C25H30N2O7/c1-25(2,3)34-24(30)27-18-13-16-8-11-20(31-4)21(14-16)33-17-9-6-15(7-10-17)12-19(23(29)32-5)26-22(18)28/h6-11,14,18-19H,12-13H2,1-5H3,(H,26,28)(H,27,30)/t18-,19-/m0/s1. The van der Waals surface area contributed by atoms with Gasteiger partial charge in [0.2, 0.25) is 5.91 Å². The van der Waals surface area contributed by atoms with Crippen LogP contribution >= 0.6 is 0 Å². The van der Waals surface area contributed by atoms with Crippen LogP contribution < -0.4 is 20.1 Å². The van der Waals surface area contributed by atoms with Crippen LogP contribution in [0, 0.1) is 0 Å². The fraction of sp³-hybridized carbons (Fsp3) is 0.400. The largest absolute Gasteiger partial charge is 0.493 e. The Morgan fingerprint density at radius 2 is 1.71 bits per heavy atom. The molecule has 0 spiro atoms. The van der Waals surface area contributed by atoms with Gasteiger partial charge in [0.25, 0.3) is 0 Å². The van der Waals surface area contributed by atoms with E-state index >= 15 is 0 Å². The summed E-state index contributed by atoms with van der Waals surface area (Å²) in [6, 6.07) is 10.4. The van der Waals surface area contributed by atoms with Gasteiger partial charge in [-0.15, -0.1) is 0 Å². The minimum absolute atomic E-state index is 0.122. The van der Waals surface area contributed by atoms with Crippen LogP contribution in [0.4, 0.5) is 4.79 Å². The molecule has 0 radical (unpaired) electrons. The van der Waals surface area contributed by atoms with E-state index in [4.69, 9.17) is 18.9 Å². The first-order chi connectivity index (χ1) is 16.1. The molecule has 2 heterocycles. The Kier molecular flexibility index (Phi) is 7.65. The van der Waals surface area contributed by atoms with Gasteiger partial charge in [0.15, 0.2) is 11.5 Å². The van der Waals surface area contributed by atoms with E-state index in [-0.39, 0.29) is 12.8 Å². The van der Waals surface area contributed by atoms with Gasteiger partial charge in [0, 0.05) is 12.8 Å². The predicted molar refractivity (Wildman–Crippen MR) is 124 cm³/mol. The van der Waals surface area contributed by atoms with Gasteiger partial charge in [-0.3, -0.25) is 4.79 Å². The normalized spacial score (nSPS) is 18.1. The third kappa shape index (κ3) is 6.63. The number of methoxy groups -OCH3 is 2. The highest BCUT2D eigenvalue weighted by atomic mass is 16.6. The molecule has 0 aliphatic carbocycles. The molecule has 2 amide bonds. The number of hydrogen-bond acceptors (Lipinski definition) is 7. The highest BCUT2D eigenvalue weighted by Gasteiger charge is 2.30. The van der Waals surface area contributed by atoms with Crippen molar-refractivity contribution in [3.63, 3.8) is 0 Å². The molecule has 2 aromatic carbocycles. The van der Waals surface area contributed by atoms with Crippen LogP contribution in [0.3, 0.4) is 0 Å². The lowest BCUT2D eigenvalue weighted by Crippen LogP contribution is -2.53. The first-order valence-corrected chi connectivity index (χ1v) is 10.9. The average Bonchev–Trinajstić information content (AvgIpc) is 2.77. The molecule has 0 fully saturated rings. The van der Waals surface area contributed by atoms with E-state index in [9.17, 15) is 14.4 Å². The molecule has 2 N–H and O–H groups in total. The second-order valence-corrected chi connectivity index (χ2v) is 8.92. The Hall–Kier alpha value is -3.75. The van der Waals surface area contributed by atoms with Crippen molar-refractivity contribution in [2.45, 2.75) is 51.3 Å². The average molecular weight is 471 g/mol. The zero-order chi connectivity index (χ0) is 24.9. The third-order valence-corrected chi connectivity index (χ3v) is 5.07. The van der Waals surface area contributed by atoms with Crippen molar-refractivity contribution < 1.29 is 33.3 Å². The maximum atomic E-state index is 13.2. The van der Waals surface area contributed by atoms with E-state index in [1.165, 1.54) is 14.2 Å². The number of amides is 2. The lowest BCUT2D eigenvalue weighted by atomic mass is 10.0. The lowest BCUT2D eigenvalue weighted by molar-refractivity contribution is -0.145. The van der Waals surface area contributed by atoms with E-state index in [1.54, 1.807) is 63.2 Å². The summed E-state index contributed by atoms with van der Waals surface area (Å²) >= 11 is 0. The molecule has 4 bridgehead atoms. The SMILES string of the molecule is COC(=O)[C@@H]1Cc2ccc(cc2)Oc2cc(ccc2OC)C[C@H](NC(=O)OC(C)(C)C)C(=O)N1. The molecule has 0 unspecified atom stereocenters. The predicted octanol–water partition coefficient (Wildman–Crippen LogP) is 3.14. The molecule has 0 saturated heterocycles. The number of rotatable bonds is 3. The Morgan fingerprint density at radius 3 is 2.32 bits per heavy atom. The van der Waals surface area contributed by atoms with Crippen molar-refractivity contribution >= 4 is 18.0 Å². The number of hydrogen-bond donors (Lipinski definition) is 2. The van der Waals surface area contributed by atoms with Gasteiger partial charge in [0.05, 0.1) is 14.2 Å². The lowest BCUT2D eigenvalue weighted by Gasteiger charge is -2.25. The summed E-state index contributed by atoms with van der Waals surface area (Å²) in [7, 11) is 2.79. The number of fused-ring (bicyclic) bond motifs is 7. The van der Waals surface area contributed by atoms with E-state index in [1.807, 2.05) is 0 Å². The van der Waals surface area contributed by atoms with Crippen LogP contribution in [-0.2, 0) is 31.9 Å². The van der Waals surface area contributed by atoms with E-state index in [0.29, 0.717) is 22.8 Å². The smallest absolute Gasteiger partial charge is 0.408 e. The van der Waals surface area contributed by atoms with Crippen LogP contribution in [0.1, 0.15) is 31.9 Å². The molecule has 0 saturated carbocycles. The molecular weight excluding hydrogens is 440 g/mol. The van der Waals surface area contributed by atoms with E-state index in [2.05, 4.69) is 10.6 Å². The molecule has 2 aliphatic rings. The fourth-order valence-electron chi connectivity index (χ4n) is 3.49. The van der Waals surface area contributed by atoms with Crippen LogP contribution in [0.5, 0.6) is 17.2 Å². The summed E-state index contributed by atoms with van der Waals surface area (Å²) in [6.07, 6.45) is -0.424. The zero-order valence-corrected chi connectivity index (χ0v) is 20.0. The summed E-state index contributed by atoms with van der Waals surface area (Å²) in [5.41, 5.74) is 0.747. The summed E-state index contributed by atoms with van der Waals surface area (Å²) in [5, 5.41) is 5.33. The van der Waals surface area contributed by atoms with Gasteiger partial charge in [-0.05, 0) is 56.2 Å². The Labute approximate surface area is 198 Å². The molecule has 2 atom stereocenters. The van der Waals surface area contributed by atoms with Crippen molar-refractivity contribution in [3.8, 4) is 17.2 Å². The molecule has 4 rings (SSSR count). The number of alkyl carbamates (subject to hydrolysis) is 1. The van der Waals surface area contributed by atoms with Gasteiger partial charge in [-0.25, -0.2) is 9.59 Å². The van der Waals surface area contributed by atoms with Crippen LogP contribution in [0.25, 0.3) is 0 Å². The number of nitrogens with one attached hydrogen (secondary N) is 2. The molecule has 0 aromatic heterocycles. The first kappa shape index (κ1) is 24.9. The van der Waals surface area contributed by atoms with Crippen molar-refractivity contribution in [2.24, 2.45) is 0 Å². The van der Waals surface area contributed by atoms with E-state index < -0.39 is 35.7 Å². The minimum Gasteiger partial charge on any atom is -0.493 e. The van der Waals surface area contributed by atoms with Crippen molar-refractivity contribution in [1.29, 1.82) is 0 Å². The quantitative estimate of drug-likeness (QED) is 0.663. The van der Waals surface area contributed by atoms with Crippen molar-refractivity contribution in [2.75, 3.05) is 14.2 Å². The number of esters is 1. The highest BCUT2D eigenvalue weighted by Crippen LogP contribution is 2.33. The maximum Gasteiger partial charge on any atom is 0.408 e. The summed E-state index contributed by atoms with van der Waals surface area (Å²) < 4.78 is 21.6. The minimum atomic E-state index is -1.02. The Bertz CT molecular complexity index is 1040. The van der Waals surface area contributed by atoms with Crippen molar-refractivity contribution in [1.82, 2.24) is 10.6 Å². The topological polar surface area (TPSA) is 112 Å². The third-order valence-electron chi connectivity index (χ3n) is 5.07. The first-order valence-electron chi connectivity index (χ1n) is 10.9.